The van der Waals surface area contributed by atoms with Crippen molar-refractivity contribution in [3.05, 3.63) is 70.2 Å². The standard InChI is InChI=1S/C22H22N4O3S/c27-20(23-16-6-4-5-7-16)15-10-12-17(13-11-15)24-21(28)22-26-25-19(30-22)14-29-18-8-2-1-3-9-18/h1-3,8-13,16H,4-7,14H2,(H,23,27)(H,24,28). The number of carbonyl (C=O) groups is 2. The molecule has 0 aliphatic heterocycles. The van der Waals surface area contributed by atoms with Gasteiger partial charge in [-0.15, -0.1) is 10.2 Å². The van der Waals surface area contributed by atoms with E-state index < -0.39 is 0 Å². The summed E-state index contributed by atoms with van der Waals surface area (Å²) >= 11 is 1.18. The minimum Gasteiger partial charge on any atom is -0.486 e. The molecule has 0 radical (unpaired) electrons. The van der Waals surface area contributed by atoms with Gasteiger partial charge in [-0.3, -0.25) is 9.59 Å². The molecule has 0 spiro atoms. The Balaban J connectivity index is 1.30. The molecule has 1 heterocycles. The fourth-order valence-electron chi connectivity index (χ4n) is 3.29. The van der Waals surface area contributed by atoms with E-state index in [4.69, 9.17) is 4.74 Å². The van der Waals surface area contributed by atoms with Gasteiger partial charge in [-0.1, -0.05) is 42.4 Å². The molecule has 2 aromatic carbocycles. The van der Waals surface area contributed by atoms with Gasteiger partial charge in [0.05, 0.1) is 0 Å². The van der Waals surface area contributed by atoms with E-state index in [9.17, 15) is 9.59 Å². The number of carbonyl (C=O) groups excluding carboxylic acids is 2. The van der Waals surface area contributed by atoms with Crippen LogP contribution < -0.4 is 15.4 Å². The smallest absolute Gasteiger partial charge is 0.286 e. The fourth-order valence-corrected chi connectivity index (χ4v) is 3.94. The summed E-state index contributed by atoms with van der Waals surface area (Å²) in [6.07, 6.45) is 4.42. The van der Waals surface area contributed by atoms with Gasteiger partial charge in [-0.05, 0) is 49.2 Å². The van der Waals surface area contributed by atoms with E-state index in [-0.39, 0.29) is 29.5 Å². The third-order valence-corrected chi connectivity index (χ3v) is 5.76. The molecular weight excluding hydrogens is 400 g/mol. The van der Waals surface area contributed by atoms with Crippen LogP contribution in [0.1, 0.15) is 50.9 Å². The number of hydrogen-bond donors (Lipinski definition) is 2. The molecule has 154 valence electrons. The van der Waals surface area contributed by atoms with E-state index in [0.29, 0.717) is 16.3 Å². The summed E-state index contributed by atoms with van der Waals surface area (Å²) in [5.41, 5.74) is 1.17. The molecule has 1 fully saturated rings. The van der Waals surface area contributed by atoms with Crippen LogP contribution in [0.2, 0.25) is 0 Å². The molecule has 30 heavy (non-hydrogen) atoms. The van der Waals surface area contributed by atoms with Crippen molar-refractivity contribution in [2.75, 3.05) is 5.32 Å². The first-order valence-corrected chi connectivity index (χ1v) is 10.7. The van der Waals surface area contributed by atoms with E-state index in [1.807, 2.05) is 30.3 Å². The zero-order valence-electron chi connectivity index (χ0n) is 16.3. The maximum absolute atomic E-state index is 12.4. The Bertz CT molecular complexity index is 999. The molecule has 1 aromatic heterocycles. The highest BCUT2D eigenvalue weighted by Gasteiger charge is 2.18. The van der Waals surface area contributed by atoms with E-state index in [0.717, 1.165) is 18.6 Å². The first kappa shape index (κ1) is 20.0. The van der Waals surface area contributed by atoms with Crippen molar-refractivity contribution in [3.63, 3.8) is 0 Å². The second-order valence-corrected chi connectivity index (χ2v) is 8.15. The lowest BCUT2D eigenvalue weighted by Gasteiger charge is -2.12. The summed E-state index contributed by atoms with van der Waals surface area (Å²) in [4.78, 5) is 24.7. The summed E-state index contributed by atoms with van der Waals surface area (Å²) in [6, 6.07) is 16.5. The van der Waals surface area contributed by atoms with E-state index in [1.165, 1.54) is 24.2 Å². The van der Waals surface area contributed by atoms with Crippen molar-refractivity contribution in [2.24, 2.45) is 0 Å². The average Bonchev–Trinajstić information content (AvgIpc) is 3.46. The molecule has 0 atom stereocenters. The Morgan fingerprint density at radius 1 is 0.967 bits per heavy atom. The van der Waals surface area contributed by atoms with Crippen molar-refractivity contribution in [1.29, 1.82) is 0 Å². The largest absolute Gasteiger partial charge is 0.486 e. The maximum atomic E-state index is 12.4. The number of aromatic nitrogens is 2. The predicted molar refractivity (Wildman–Crippen MR) is 115 cm³/mol. The molecule has 0 bridgehead atoms. The first-order chi connectivity index (χ1) is 14.7. The number of nitrogens with one attached hydrogen (secondary N) is 2. The molecule has 0 saturated heterocycles. The highest BCUT2D eigenvalue weighted by molar-refractivity contribution is 7.13. The molecule has 4 rings (SSSR count). The van der Waals surface area contributed by atoms with E-state index in [1.54, 1.807) is 24.3 Å². The second-order valence-electron chi connectivity index (χ2n) is 7.09. The molecule has 1 aliphatic carbocycles. The van der Waals surface area contributed by atoms with Crippen LogP contribution in [0.15, 0.2) is 54.6 Å². The van der Waals surface area contributed by atoms with Crippen LogP contribution in [0.3, 0.4) is 0 Å². The number of anilines is 1. The van der Waals surface area contributed by atoms with Crippen LogP contribution in [-0.4, -0.2) is 28.1 Å². The Morgan fingerprint density at radius 3 is 2.43 bits per heavy atom. The number of hydrogen-bond acceptors (Lipinski definition) is 6. The Kier molecular flexibility index (Phi) is 6.34. The molecular formula is C22H22N4O3S. The van der Waals surface area contributed by atoms with Crippen LogP contribution in [-0.2, 0) is 6.61 Å². The van der Waals surface area contributed by atoms with Crippen LogP contribution >= 0.6 is 11.3 Å². The molecule has 0 unspecified atom stereocenters. The first-order valence-electron chi connectivity index (χ1n) is 9.90. The topological polar surface area (TPSA) is 93.2 Å². The lowest BCUT2D eigenvalue weighted by atomic mass is 10.1. The van der Waals surface area contributed by atoms with Gasteiger partial charge in [0, 0.05) is 17.3 Å². The van der Waals surface area contributed by atoms with Gasteiger partial charge in [0.25, 0.3) is 11.8 Å². The zero-order chi connectivity index (χ0) is 20.8. The lowest BCUT2D eigenvalue weighted by Crippen LogP contribution is -2.32. The molecule has 2 N–H and O–H groups in total. The summed E-state index contributed by atoms with van der Waals surface area (Å²) in [5, 5.41) is 14.7. The van der Waals surface area contributed by atoms with Gasteiger partial charge in [0.2, 0.25) is 5.01 Å². The number of rotatable bonds is 7. The van der Waals surface area contributed by atoms with Gasteiger partial charge in [0.15, 0.2) is 5.01 Å². The molecule has 1 saturated carbocycles. The third kappa shape index (κ3) is 5.21. The number of para-hydroxylation sites is 1. The highest BCUT2D eigenvalue weighted by Crippen LogP contribution is 2.19. The SMILES string of the molecule is O=C(NC1CCCC1)c1ccc(NC(=O)c2nnc(COc3ccccc3)s2)cc1. The molecule has 3 aromatic rings. The number of nitrogens with zero attached hydrogens (tertiary/aromatic N) is 2. The molecule has 1 aliphatic rings. The third-order valence-electron chi connectivity index (χ3n) is 4.86. The van der Waals surface area contributed by atoms with Gasteiger partial charge < -0.3 is 15.4 Å². The molecule has 8 heteroatoms. The van der Waals surface area contributed by atoms with Crippen molar-refractivity contribution < 1.29 is 14.3 Å². The zero-order valence-corrected chi connectivity index (χ0v) is 17.2. The van der Waals surface area contributed by atoms with Crippen LogP contribution in [0.4, 0.5) is 5.69 Å². The quantitative estimate of drug-likeness (QED) is 0.599. The Labute approximate surface area is 178 Å². The number of amides is 2. The number of benzene rings is 2. The van der Waals surface area contributed by atoms with E-state index in [2.05, 4.69) is 20.8 Å². The maximum Gasteiger partial charge on any atom is 0.286 e. The van der Waals surface area contributed by atoms with Crippen LogP contribution in [0.5, 0.6) is 5.75 Å². The lowest BCUT2D eigenvalue weighted by molar-refractivity contribution is 0.0937. The van der Waals surface area contributed by atoms with Gasteiger partial charge in [0.1, 0.15) is 12.4 Å². The van der Waals surface area contributed by atoms with Gasteiger partial charge in [-0.25, -0.2) is 0 Å². The Hall–Kier alpha value is -3.26. The molecule has 7 nitrogen and oxygen atoms in total. The minimum atomic E-state index is -0.346. The second kappa shape index (κ2) is 9.49. The van der Waals surface area contributed by atoms with Crippen molar-refractivity contribution >= 4 is 28.8 Å². The van der Waals surface area contributed by atoms with Gasteiger partial charge in [-0.2, -0.15) is 0 Å². The van der Waals surface area contributed by atoms with Crippen LogP contribution in [0, 0.1) is 0 Å². The average molecular weight is 423 g/mol. The molecule has 2 amide bonds. The monoisotopic (exact) mass is 422 g/mol. The fraction of sp³-hybridized carbons (Fsp3) is 0.273. The summed E-state index contributed by atoms with van der Waals surface area (Å²) in [5.74, 6) is 0.310. The highest BCUT2D eigenvalue weighted by atomic mass is 32.1. The van der Waals surface area contributed by atoms with Crippen molar-refractivity contribution in [2.45, 2.75) is 38.3 Å². The van der Waals surface area contributed by atoms with Crippen molar-refractivity contribution in [3.8, 4) is 5.75 Å². The minimum absolute atomic E-state index is 0.0769. The van der Waals surface area contributed by atoms with Gasteiger partial charge >= 0.3 is 0 Å². The van der Waals surface area contributed by atoms with E-state index >= 15 is 0 Å². The van der Waals surface area contributed by atoms with Crippen molar-refractivity contribution in [1.82, 2.24) is 15.5 Å². The Morgan fingerprint density at radius 2 is 1.70 bits per heavy atom. The summed E-state index contributed by atoms with van der Waals surface area (Å²) in [7, 11) is 0. The number of ether oxygens (including phenoxy) is 1. The normalized spacial score (nSPS) is 13.7. The predicted octanol–water partition coefficient (Wildman–Crippen LogP) is 4.04. The van der Waals surface area contributed by atoms with Crippen LogP contribution in [0.25, 0.3) is 0 Å². The summed E-state index contributed by atoms with van der Waals surface area (Å²) < 4.78 is 5.62. The summed E-state index contributed by atoms with van der Waals surface area (Å²) in [6.45, 7) is 0.250.